The highest BCUT2D eigenvalue weighted by Crippen LogP contribution is 2.45. The first kappa shape index (κ1) is 100. The molecule has 102 heavy (non-hydrogen) atoms. The lowest BCUT2D eigenvalue weighted by atomic mass is 9.99. The van der Waals surface area contributed by atoms with Crippen molar-refractivity contribution in [1.29, 1.82) is 0 Å². The maximum atomic E-state index is 13.1. The van der Waals surface area contributed by atoms with E-state index in [0.29, 0.717) is 25.7 Å². The quantitative estimate of drug-likeness (QED) is 0.0222. The summed E-state index contributed by atoms with van der Waals surface area (Å²) in [6.07, 6.45) is 62.5. The molecule has 0 aliphatic heterocycles. The standard InChI is InChI=1S/C83H162O17P2/c1-8-11-12-13-14-43-50-57-64-80(85)93-70-78(99-83(88)67-60-53-46-39-33-32-36-42-49-56-63-76(7)10-3)72-97-101(89,90)95-68-77(84)69-96-102(91,92)98-73-79(71-94-81(86)65-58-51-44-37-30-26-23-19-20-24-28-34-40-47-54-61-74(4)5)100-82(87)66-59-52-45-38-31-27-22-18-16-15-17-21-25-29-35-41-48-55-62-75(6)9-2/h74-79,84H,8-73H2,1-7H3,(H,89,90)(H,91,92)/t75?,76?,77-,78+,79+/m0/s1. The highest BCUT2D eigenvalue weighted by molar-refractivity contribution is 7.47. The van der Waals surface area contributed by atoms with Gasteiger partial charge < -0.3 is 33.8 Å². The van der Waals surface area contributed by atoms with Crippen LogP contribution in [0.4, 0.5) is 0 Å². The largest absolute Gasteiger partial charge is 0.472 e. The van der Waals surface area contributed by atoms with E-state index in [9.17, 15) is 43.2 Å². The topological polar surface area (TPSA) is 237 Å². The molecule has 0 radical (unpaired) electrons. The molecule has 0 fully saturated rings. The predicted molar refractivity (Wildman–Crippen MR) is 418 cm³/mol. The molecule has 0 amide bonds. The average Bonchev–Trinajstić information content (AvgIpc) is 0.916. The molecule has 0 aromatic heterocycles. The minimum Gasteiger partial charge on any atom is -0.462 e. The Balaban J connectivity index is 5.19. The normalized spacial score (nSPS) is 14.5. The Bertz CT molecular complexity index is 1980. The molecule has 606 valence electrons. The molecule has 0 rings (SSSR count). The molecule has 0 bridgehead atoms. The van der Waals surface area contributed by atoms with Crippen molar-refractivity contribution in [1.82, 2.24) is 0 Å². The van der Waals surface area contributed by atoms with Gasteiger partial charge in [-0.05, 0) is 43.4 Å². The van der Waals surface area contributed by atoms with Crippen LogP contribution in [-0.2, 0) is 65.4 Å². The highest BCUT2D eigenvalue weighted by atomic mass is 31.2. The second-order valence-electron chi connectivity index (χ2n) is 30.8. The molecular weight excluding hydrogens is 1330 g/mol. The molecule has 0 saturated heterocycles. The van der Waals surface area contributed by atoms with Crippen LogP contribution in [0, 0.1) is 17.8 Å². The van der Waals surface area contributed by atoms with Crippen LogP contribution < -0.4 is 0 Å². The van der Waals surface area contributed by atoms with E-state index < -0.39 is 97.5 Å². The van der Waals surface area contributed by atoms with E-state index >= 15 is 0 Å². The van der Waals surface area contributed by atoms with Crippen LogP contribution in [0.5, 0.6) is 0 Å². The molecule has 4 unspecified atom stereocenters. The van der Waals surface area contributed by atoms with Gasteiger partial charge in [0.2, 0.25) is 0 Å². The molecule has 0 aliphatic rings. The summed E-state index contributed by atoms with van der Waals surface area (Å²) in [4.78, 5) is 73.0. The molecule has 7 atom stereocenters. The molecule has 19 heteroatoms. The summed E-state index contributed by atoms with van der Waals surface area (Å²) in [6.45, 7) is 12.0. The van der Waals surface area contributed by atoms with Gasteiger partial charge in [0.1, 0.15) is 19.3 Å². The Hall–Kier alpha value is -1.94. The number of carbonyl (C=O) groups excluding carboxylic acids is 4. The Labute approximate surface area is 626 Å². The minimum atomic E-state index is -4.96. The van der Waals surface area contributed by atoms with Crippen molar-refractivity contribution in [2.45, 2.75) is 452 Å². The van der Waals surface area contributed by atoms with Gasteiger partial charge in [-0.1, -0.05) is 382 Å². The van der Waals surface area contributed by atoms with Crippen molar-refractivity contribution in [2.75, 3.05) is 39.6 Å². The minimum absolute atomic E-state index is 0.106. The number of ether oxygens (including phenoxy) is 4. The van der Waals surface area contributed by atoms with Crippen LogP contribution in [0.2, 0.25) is 0 Å². The number of rotatable bonds is 81. The average molecular weight is 1490 g/mol. The Morgan fingerprint density at radius 1 is 0.284 bits per heavy atom. The smallest absolute Gasteiger partial charge is 0.462 e. The van der Waals surface area contributed by atoms with Crippen molar-refractivity contribution >= 4 is 39.5 Å². The first-order valence-corrected chi connectivity index (χ1v) is 45.9. The number of hydrogen-bond acceptors (Lipinski definition) is 15. The third kappa shape index (κ3) is 73.6. The van der Waals surface area contributed by atoms with Crippen molar-refractivity contribution in [3.8, 4) is 0 Å². The zero-order valence-corrected chi connectivity index (χ0v) is 68.9. The Morgan fingerprint density at radius 3 is 0.745 bits per heavy atom. The van der Waals surface area contributed by atoms with Crippen molar-refractivity contribution in [2.24, 2.45) is 17.8 Å². The van der Waals surface area contributed by atoms with E-state index in [1.54, 1.807) is 0 Å². The zero-order valence-electron chi connectivity index (χ0n) is 67.1. The van der Waals surface area contributed by atoms with Crippen LogP contribution >= 0.6 is 15.6 Å². The van der Waals surface area contributed by atoms with Crippen LogP contribution in [0.3, 0.4) is 0 Å². The number of aliphatic hydroxyl groups excluding tert-OH is 1. The number of carbonyl (C=O) groups is 4. The third-order valence-corrected chi connectivity index (χ3v) is 22.0. The van der Waals surface area contributed by atoms with Crippen LogP contribution in [0.25, 0.3) is 0 Å². The maximum absolute atomic E-state index is 13.1. The van der Waals surface area contributed by atoms with Gasteiger partial charge in [0, 0.05) is 25.7 Å². The van der Waals surface area contributed by atoms with E-state index in [1.807, 2.05) is 0 Å². The number of phosphoric ester groups is 2. The van der Waals surface area contributed by atoms with Gasteiger partial charge in [0.05, 0.1) is 26.4 Å². The number of aliphatic hydroxyl groups is 1. The second kappa shape index (κ2) is 73.2. The van der Waals surface area contributed by atoms with E-state index in [4.69, 9.17) is 37.0 Å². The van der Waals surface area contributed by atoms with E-state index in [0.717, 1.165) is 114 Å². The summed E-state index contributed by atoms with van der Waals surface area (Å²) in [5, 5.41) is 10.6. The fourth-order valence-corrected chi connectivity index (χ4v) is 14.4. The molecule has 17 nitrogen and oxygen atoms in total. The summed E-state index contributed by atoms with van der Waals surface area (Å²) < 4.78 is 68.7. The lowest BCUT2D eigenvalue weighted by Gasteiger charge is -2.21. The van der Waals surface area contributed by atoms with Crippen LogP contribution in [-0.4, -0.2) is 96.7 Å². The summed E-state index contributed by atoms with van der Waals surface area (Å²) in [5.41, 5.74) is 0. The Kier molecular flexibility index (Phi) is 71.8. The summed E-state index contributed by atoms with van der Waals surface area (Å²) in [5.74, 6) is 0.369. The SMILES string of the molecule is CCCCCCCCCCC(=O)OC[C@H](COP(=O)(O)OC[C@H](O)COP(=O)(O)OC[C@@H](COC(=O)CCCCCCCCCCCCCCCCCC(C)C)OC(=O)CCCCCCCCCCCCCCCCCCCCC(C)CC)OC(=O)CCCCCCCCCCCCC(C)CC. The monoisotopic (exact) mass is 1490 g/mol. The number of phosphoric acid groups is 2. The lowest BCUT2D eigenvalue weighted by Crippen LogP contribution is -2.30. The molecule has 0 saturated carbocycles. The molecule has 0 aliphatic carbocycles. The van der Waals surface area contributed by atoms with Crippen molar-refractivity contribution in [3.05, 3.63) is 0 Å². The molecular formula is C83H162O17P2. The number of hydrogen-bond donors (Lipinski definition) is 3. The highest BCUT2D eigenvalue weighted by Gasteiger charge is 2.30. The summed E-state index contributed by atoms with van der Waals surface area (Å²) >= 11 is 0. The summed E-state index contributed by atoms with van der Waals surface area (Å²) in [7, 11) is -9.92. The fraction of sp³-hybridized carbons (Fsp3) is 0.952. The summed E-state index contributed by atoms with van der Waals surface area (Å²) in [6, 6.07) is 0. The van der Waals surface area contributed by atoms with Crippen LogP contribution in [0.15, 0.2) is 0 Å². The van der Waals surface area contributed by atoms with Gasteiger partial charge in [0.25, 0.3) is 0 Å². The van der Waals surface area contributed by atoms with Crippen molar-refractivity contribution < 1.29 is 80.2 Å². The van der Waals surface area contributed by atoms with E-state index in [2.05, 4.69) is 48.5 Å². The second-order valence-corrected chi connectivity index (χ2v) is 33.7. The maximum Gasteiger partial charge on any atom is 0.472 e. The van der Waals surface area contributed by atoms with Crippen LogP contribution in [0.1, 0.15) is 434 Å². The third-order valence-electron chi connectivity index (χ3n) is 20.1. The molecule has 3 N–H and O–H groups in total. The molecule has 0 spiro atoms. The van der Waals surface area contributed by atoms with Gasteiger partial charge in [-0.2, -0.15) is 0 Å². The van der Waals surface area contributed by atoms with Gasteiger partial charge in [-0.25, -0.2) is 9.13 Å². The predicted octanol–water partition coefficient (Wildman–Crippen LogP) is 24.9. The fourth-order valence-electron chi connectivity index (χ4n) is 12.8. The van der Waals surface area contributed by atoms with Gasteiger partial charge in [-0.3, -0.25) is 37.3 Å². The first-order valence-electron chi connectivity index (χ1n) is 42.9. The van der Waals surface area contributed by atoms with Gasteiger partial charge >= 0.3 is 39.5 Å². The van der Waals surface area contributed by atoms with E-state index in [-0.39, 0.29) is 25.7 Å². The first-order chi connectivity index (χ1) is 49.3. The molecule has 0 aromatic carbocycles. The number of esters is 4. The zero-order chi connectivity index (χ0) is 75.1. The lowest BCUT2D eigenvalue weighted by molar-refractivity contribution is -0.161. The van der Waals surface area contributed by atoms with Gasteiger partial charge in [-0.15, -0.1) is 0 Å². The Morgan fingerprint density at radius 2 is 0.500 bits per heavy atom. The van der Waals surface area contributed by atoms with E-state index in [1.165, 1.54) is 238 Å². The molecule has 0 heterocycles. The number of unbranched alkanes of at least 4 members (excludes halogenated alkanes) is 47. The van der Waals surface area contributed by atoms with Gasteiger partial charge in [0.15, 0.2) is 12.2 Å². The van der Waals surface area contributed by atoms with Crippen molar-refractivity contribution in [3.63, 3.8) is 0 Å². The molecule has 0 aromatic rings.